The van der Waals surface area contributed by atoms with Crippen LogP contribution >= 0.6 is 0 Å². The van der Waals surface area contributed by atoms with E-state index < -0.39 is 29.0 Å². The Morgan fingerprint density at radius 3 is 2.24 bits per heavy atom. The zero-order valence-electron chi connectivity index (χ0n) is 11.8. The molecule has 114 valence electrons. The Bertz CT molecular complexity index is 535. The van der Waals surface area contributed by atoms with Gasteiger partial charge in [0, 0.05) is 0 Å². The number of benzene rings is 1. The highest BCUT2D eigenvalue weighted by Crippen LogP contribution is 2.17. The number of carboxylic acid groups (broad SMARTS) is 2. The van der Waals surface area contributed by atoms with Crippen molar-refractivity contribution in [1.82, 2.24) is 0 Å². The van der Waals surface area contributed by atoms with Gasteiger partial charge in [0.1, 0.15) is 0 Å². The van der Waals surface area contributed by atoms with Crippen molar-refractivity contribution in [2.75, 3.05) is 6.61 Å². The molecule has 0 amide bonds. The van der Waals surface area contributed by atoms with Gasteiger partial charge in [0.05, 0.1) is 23.3 Å². The van der Waals surface area contributed by atoms with E-state index >= 15 is 0 Å². The minimum absolute atomic E-state index is 0.190. The number of unbranched alkanes of at least 4 members (excludes halogenated alkanes) is 3. The summed E-state index contributed by atoms with van der Waals surface area (Å²) in [6.07, 6.45) is 3.70. The number of rotatable bonds is 8. The average Bonchev–Trinajstić information content (AvgIpc) is 2.45. The quantitative estimate of drug-likeness (QED) is 0.564. The summed E-state index contributed by atoms with van der Waals surface area (Å²) in [5, 5.41) is 18.1. The Labute approximate surface area is 122 Å². The first-order chi connectivity index (χ1) is 9.99. The molecule has 0 bridgehead atoms. The molecule has 0 spiro atoms. The Kier molecular flexibility index (Phi) is 6.39. The molecule has 2 N–H and O–H groups in total. The lowest BCUT2D eigenvalue weighted by atomic mass is 10.0. The highest BCUT2D eigenvalue weighted by atomic mass is 16.5. The molecule has 0 fully saturated rings. The molecular formula is C15H18O6. The number of esters is 1. The molecule has 0 radical (unpaired) electrons. The van der Waals surface area contributed by atoms with Crippen LogP contribution in [0.1, 0.15) is 63.7 Å². The van der Waals surface area contributed by atoms with E-state index in [2.05, 4.69) is 6.92 Å². The van der Waals surface area contributed by atoms with Crippen LogP contribution in [0.3, 0.4) is 0 Å². The lowest BCUT2D eigenvalue weighted by molar-refractivity contribution is 0.0487. The fourth-order valence-electron chi connectivity index (χ4n) is 1.90. The summed E-state index contributed by atoms with van der Waals surface area (Å²) in [5.74, 6) is -3.68. The number of hydrogen-bond donors (Lipinski definition) is 2. The second-order valence-electron chi connectivity index (χ2n) is 4.54. The number of aromatic carboxylic acids is 2. The van der Waals surface area contributed by atoms with E-state index in [-0.39, 0.29) is 12.2 Å². The SMILES string of the molecule is CCCCCCOC(=O)c1cccc(C(=O)O)c1C(=O)O. The van der Waals surface area contributed by atoms with Crippen molar-refractivity contribution in [3.63, 3.8) is 0 Å². The number of carbonyl (C=O) groups is 3. The van der Waals surface area contributed by atoms with E-state index in [1.807, 2.05) is 0 Å². The zero-order valence-corrected chi connectivity index (χ0v) is 11.8. The van der Waals surface area contributed by atoms with Gasteiger partial charge in [-0.15, -0.1) is 0 Å². The number of ether oxygens (including phenoxy) is 1. The number of carbonyl (C=O) groups excluding carboxylic acids is 1. The van der Waals surface area contributed by atoms with Gasteiger partial charge in [-0.3, -0.25) is 0 Å². The fraction of sp³-hybridized carbons (Fsp3) is 0.400. The normalized spacial score (nSPS) is 10.1. The van der Waals surface area contributed by atoms with Crippen LogP contribution in [0.25, 0.3) is 0 Å². The first-order valence-corrected chi connectivity index (χ1v) is 6.75. The summed E-state index contributed by atoms with van der Waals surface area (Å²) < 4.78 is 5.01. The van der Waals surface area contributed by atoms with E-state index in [0.717, 1.165) is 25.3 Å². The predicted octanol–water partition coefficient (Wildman–Crippen LogP) is 2.82. The van der Waals surface area contributed by atoms with Crippen LogP contribution in [-0.2, 0) is 4.74 Å². The summed E-state index contributed by atoms with van der Waals surface area (Å²) in [6.45, 7) is 2.25. The van der Waals surface area contributed by atoms with Crippen molar-refractivity contribution < 1.29 is 29.3 Å². The van der Waals surface area contributed by atoms with Gasteiger partial charge in [-0.2, -0.15) is 0 Å². The van der Waals surface area contributed by atoms with E-state index in [1.165, 1.54) is 12.1 Å². The smallest absolute Gasteiger partial charge is 0.339 e. The highest BCUT2D eigenvalue weighted by Gasteiger charge is 2.24. The van der Waals surface area contributed by atoms with Crippen LogP contribution in [0, 0.1) is 0 Å². The van der Waals surface area contributed by atoms with Gasteiger partial charge in [0.15, 0.2) is 0 Å². The maximum atomic E-state index is 11.9. The van der Waals surface area contributed by atoms with Gasteiger partial charge in [-0.25, -0.2) is 14.4 Å². The molecule has 0 aliphatic heterocycles. The largest absolute Gasteiger partial charge is 0.478 e. The van der Waals surface area contributed by atoms with E-state index in [4.69, 9.17) is 14.9 Å². The van der Waals surface area contributed by atoms with Gasteiger partial charge in [0.25, 0.3) is 0 Å². The van der Waals surface area contributed by atoms with Crippen molar-refractivity contribution in [1.29, 1.82) is 0 Å². The Morgan fingerprint density at radius 2 is 1.67 bits per heavy atom. The van der Waals surface area contributed by atoms with Crippen molar-refractivity contribution in [2.24, 2.45) is 0 Å². The van der Waals surface area contributed by atoms with Crippen molar-refractivity contribution in [3.8, 4) is 0 Å². The maximum Gasteiger partial charge on any atom is 0.339 e. The Balaban J connectivity index is 2.86. The fourth-order valence-corrected chi connectivity index (χ4v) is 1.90. The summed E-state index contributed by atoms with van der Waals surface area (Å²) in [7, 11) is 0. The van der Waals surface area contributed by atoms with Crippen LogP contribution in [0.2, 0.25) is 0 Å². The molecule has 0 aromatic heterocycles. The standard InChI is InChI=1S/C15H18O6/c1-2-3-4-5-9-21-15(20)11-8-6-7-10(13(16)17)12(11)14(18)19/h6-8H,2-5,9H2,1H3,(H,16,17)(H,18,19). The van der Waals surface area contributed by atoms with E-state index in [0.29, 0.717) is 6.42 Å². The van der Waals surface area contributed by atoms with Crippen LogP contribution in [0.4, 0.5) is 0 Å². The van der Waals surface area contributed by atoms with Gasteiger partial charge in [0.2, 0.25) is 0 Å². The average molecular weight is 294 g/mol. The molecule has 0 aliphatic carbocycles. The molecular weight excluding hydrogens is 276 g/mol. The number of carboxylic acids is 2. The molecule has 6 nitrogen and oxygen atoms in total. The zero-order chi connectivity index (χ0) is 15.8. The van der Waals surface area contributed by atoms with Crippen LogP contribution in [0.5, 0.6) is 0 Å². The van der Waals surface area contributed by atoms with Crippen molar-refractivity contribution >= 4 is 17.9 Å². The van der Waals surface area contributed by atoms with E-state index in [1.54, 1.807) is 0 Å². The van der Waals surface area contributed by atoms with Crippen molar-refractivity contribution in [2.45, 2.75) is 32.6 Å². The molecule has 1 rings (SSSR count). The summed E-state index contributed by atoms with van der Waals surface area (Å²) in [4.78, 5) is 34.1. The monoisotopic (exact) mass is 294 g/mol. The maximum absolute atomic E-state index is 11.9. The van der Waals surface area contributed by atoms with Crippen LogP contribution in [-0.4, -0.2) is 34.7 Å². The molecule has 0 saturated heterocycles. The molecule has 1 aromatic rings. The van der Waals surface area contributed by atoms with Gasteiger partial charge >= 0.3 is 17.9 Å². The topological polar surface area (TPSA) is 101 Å². The summed E-state index contributed by atoms with van der Waals surface area (Å²) >= 11 is 0. The van der Waals surface area contributed by atoms with Crippen molar-refractivity contribution in [3.05, 3.63) is 34.9 Å². The minimum Gasteiger partial charge on any atom is -0.478 e. The summed E-state index contributed by atoms with van der Waals surface area (Å²) in [5.41, 5.74) is -1.20. The Hall–Kier alpha value is -2.37. The van der Waals surface area contributed by atoms with Gasteiger partial charge in [-0.05, 0) is 18.6 Å². The molecule has 21 heavy (non-hydrogen) atoms. The molecule has 0 heterocycles. The van der Waals surface area contributed by atoms with E-state index in [9.17, 15) is 14.4 Å². The molecule has 0 atom stereocenters. The third kappa shape index (κ3) is 4.59. The third-order valence-corrected chi connectivity index (χ3v) is 2.96. The minimum atomic E-state index is -1.47. The van der Waals surface area contributed by atoms with Crippen LogP contribution in [0.15, 0.2) is 18.2 Å². The lowest BCUT2D eigenvalue weighted by Gasteiger charge is -2.09. The summed E-state index contributed by atoms with van der Waals surface area (Å²) in [6, 6.07) is 3.72. The molecule has 0 unspecified atom stereocenters. The second-order valence-corrected chi connectivity index (χ2v) is 4.54. The number of hydrogen-bond acceptors (Lipinski definition) is 4. The lowest BCUT2D eigenvalue weighted by Crippen LogP contribution is -2.16. The first kappa shape index (κ1) is 16.7. The van der Waals surface area contributed by atoms with Crippen LogP contribution < -0.4 is 0 Å². The Morgan fingerprint density at radius 1 is 1.00 bits per heavy atom. The van der Waals surface area contributed by atoms with Gasteiger partial charge in [-0.1, -0.05) is 32.3 Å². The molecule has 0 aliphatic rings. The van der Waals surface area contributed by atoms with Gasteiger partial charge < -0.3 is 14.9 Å². The second kappa shape index (κ2) is 8.04. The molecule has 1 aromatic carbocycles. The molecule has 0 saturated carbocycles. The molecule has 6 heteroatoms. The first-order valence-electron chi connectivity index (χ1n) is 6.75. The third-order valence-electron chi connectivity index (χ3n) is 2.96. The predicted molar refractivity (Wildman–Crippen MR) is 74.8 cm³/mol. The highest BCUT2D eigenvalue weighted by molar-refractivity contribution is 6.09.